The molecule has 2 nitrogen and oxygen atoms in total. The lowest BCUT2D eigenvalue weighted by Crippen LogP contribution is -2.33. The fourth-order valence-electron chi connectivity index (χ4n) is 1.68. The number of hydrogen-bond donors (Lipinski definition) is 0. The van der Waals surface area contributed by atoms with Crippen LogP contribution in [0.3, 0.4) is 0 Å². The monoisotopic (exact) mass is 234 g/mol. The third-order valence-corrected chi connectivity index (χ3v) is 3.50. The van der Waals surface area contributed by atoms with Crippen molar-refractivity contribution in [2.75, 3.05) is 24.0 Å². The predicted octanol–water partition coefficient (Wildman–Crippen LogP) is 3.14. The number of thioether (sulfide) groups is 1. The molecule has 1 rings (SSSR count). The molecule has 0 spiro atoms. The fourth-order valence-corrected chi connectivity index (χ4v) is 2.52. The quantitative estimate of drug-likeness (QED) is 0.783. The minimum absolute atomic E-state index is 0.558. The Labute approximate surface area is 102 Å². The SMILES string of the molecule is CCC(CSC)N(C)c1ccc(C#N)cc1. The summed E-state index contributed by atoms with van der Waals surface area (Å²) >= 11 is 1.87. The van der Waals surface area contributed by atoms with Crippen LogP contribution in [0.5, 0.6) is 0 Å². The molecule has 0 N–H and O–H groups in total. The first-order valence-electron chi connectivity index (χ1n) is 5.44. The molecule has 86 valence electrons. The summed E-state index contributed by atoms with van der Waals surface area (Å²) in [6.45, 7) is 2.21. The zero-order valence-corrected chi connectivity index (χ0v) is 10.9. The highest BCUT2D eigenvalue weighted by Crippen LogP contribution is 2.19. The lowest BCUT2D eigenvalue weighted by atomic mass is 10.1. The Hall–Kier alpha value is -1.14. The van der Waals surface area contributed by atoms with Crippen LogP contribution in [0.25, 0.3) is 0 Å². The van der Waals surface area contributed by atoms with Gasteiger partial charge in [-0.15, -0.1) is 0 Å². The number of nitriles is 1. The van der Waals surface area contributed by atoms with E-state index in [-0.39, 0.29) is 0 Å². The molecule has 16 heavy (non-hydrogen) atoms. The van der Waals surface area contributed by atoms with Crippen molar-refractivity contribution in [2.45, 2.75) is 19.4 Å². The van der Waals surface area contributed by atoms with Gasteiger partial charge in [0.1, 0.15) is 0 Å². The van der Waals surface area contributed by atoms with E-state index < -0.39 is 0 Å². The number of rotatable bonds is 5. The molecule has 1 unspecified atom stereocenters. The highest BCUT2D eigenvalue weighted by atomic mass is 32.2. The largest absolute Gasteiger partial charge is 0.371 e. The van der Waals surface area contributed by atoms with Gasteiger partial charge in [-0.1, -0.05) is 6.92 Å². The van der Waals surface area contributed by atoms with Gasteiger partial charge in [-0.05, 0) is 36.9 Å². The van der Waals surface area contributed by atoms with Crippen LogP contribution >= 0.6 is 11.8 Å². The van der Waals surface area contributed by atoms with Gasteiger partial charge < -0.3 is 4.90 Å². The van der Waals surface area contributed by atoms with Crippen LogP contribution in [0.4, 0.5) is 5.69 Å². The Morgan fingerprint density at radius 2 is 2.00 bits per heavy atom. The topological polar surface area (TPSA) is 27.0 Å². The molecule has 0 amide bonds. The molecule has 1 aromatic carbocycles. The summed E-state index contributed by atoms with van der Waals surface area (Å²) in [5.41, 5.74) is 1.90. The standard InChI is InChI=1S/C13H18N2S/c1-4-12(10-16-3)15(2)13-7-5-11(9-14)6-8-13/h5-8,12H,4,10H2,1-3H3. The average molecular weight is 234 g/mol. The average Bonchev–Trinajstić information content (AvgIpc) is 2.35. The fraction of sp³-hybridized carbons (Fsp3) is 0.462. The van der Waals surface area contributed by atoms with E-state index in [0.29, 0.717) is 6.04 Å². The number of nitrogens with zero attached hydrogens (tertiary/aromatic N) is 2. The van der Waals surface area contributed by atoms with Crippen LogP contribution in [0, 0.1) is 11.3 Å². The zero-order chi connectivity index (χ0) is 12.0. The van der Waals surface area contributed by atoms with Gasteiger partial charge in [0, 0.05) is 24.5 Å². The second-order valence-electron chi connectivity index (χ2n) is 3.79. The number of benzene rings is 1. The molecular formula is C13H18N2S. The second kappa shape index (κ2) is 6.44. The summed E-state index contributed by atoms with van der Waals surface area (Å²) in [6, 6.07) is 10.5. The van der Waals surface area contributed by atoms with Gasteiger partial charge in [0.05, 0.1) is 11.6 Å². The Balaban J connectivity index is 2.78. The molecule has 0 aliphatic heterocycles. The van der Waals surface area contributed by atoms with Crippen molar-refractivity contribution in [2.24, 2.45) is 0 Å². The Morgan fingerprint density at radius 1 is 1.38 bits per heavy atom. The highest BCUT2D eigenvalue weighted by Gasteiger charge is 2.12. The van der Waals surface area contributed by atoms with Crippen LogP contribution < -0.4 is 4.90 Å². The summed E-state index contributed by atoms with van der Waals surface area (Å²) in [4.78, 5) is 2.29. The van der Waals surface area contributed by atoms with Gasteiger partial charge in [0.25, 0.3) is 0 Å². The van der Waals surface area contributed by atoms with Crippen LogP contribution in [0.2, 0.25) is 0 Å². The highest BCUT2D eigenvalue weighted by molar-refractivity contribution is 7.98. The normalized spacial score (nSPS) is 11.9. The van der Waals surface area contributed by atoms with Gasteiger partial charge in [-0.3, -0.25) is 0 Å². The molecule has 3 heteroatoms. The maximum atomic E-state index is 8.74. The molecule has 1 atom stereocenters. The molecular weight excluding hydrogens is 216 g/mol. The summed E-state index contributed by atoms with van der Waals surface area (Å²) in [6.07, 6.45) is 3.27. The van der Waals surface area contributed by atoms with Gasteiger partial charge in [0.15, 0.2) is 0 Å². The van der Waals surface area contributed by atoms with Crippen molar-refractivity contribution >= 4 is 17.4 Å². The smallest absolute Gasteiger partial charge is 0.0991 e. The number of hydrogen-bond acceptors (Lipinski definition) is 3. The van der Waals surface area contributed by atoms with Crippen molar-refractivity contribution in [1.82, 2.24) is 0 Å². The molecule has 0 aliphatic rings. The van der Waals surface area contributed by atoms with E-state index in [1.807, 2.05) is 36.0 Å². The molecule has 0 radical (unpaired) electrons. The molecule has 0 aromatic heterocycles. The van der Waals surface area contributed by atoms with Crippen LogP contribution in [0.15, 0.2) is 24.3 Å². The molecule has 0 bridgehead atoms. The maximum absolute atomic E-state index is 8.74. The first-order chi connectivity index (χ1) is 7.72. The van der Waals surface area contributed by atoms with Crippen molar-refractivity contribution in [3.8, 4) is 6.07 Å². The van der Waals surface area contributed by atoms with Crippen LogP contribution in [-0.4, -0.2) is 25.1 Å². The molecule has 0 saturated carbocycles. The van der Waals surface area contributed by atoms with Crippen molar-refractivity contribution in [3.05, 3.63) is 29.8 Å². The van der Waals surface area contributed by atoms with Crippen molar-refractivity contribution in [3.63, 3.8) is 0 Å². The first kappa shape index (κ1) is 12.9. The molecule has 0 heterocycles. The van der Waals surface area contributed by atoms with Crippen LogP contribution in [-0.2, 0) is 0 Å². The molecule has 0 fully saturated rings. The van der Waals surface area contributed by atoms with E-state index >= 15 is 0 Å². The first-order valence-corrected chi connectivity index (χ1v) is 6.84. The van der Waals surface area contributed by atoms with E-state index in [1.54, 1.807) is 0 Å². The maximum Gasteiger partial charge on any atom is 0.0991 e. The summed E-state index contributed by atoms with van der Waals surface area (Å²) in [5.74, 6) is 1.13. The van der Waals surface area contributed by atoms with E-state index in [1.165, 1.54) is 5.69 Å². The van der Waals surface area contributed by atoms with Crippen LogP contribution in [0.1, 0.15) is 18.9 Å². The van der Waals surface area contributed by atoms with E-state index in [4.69, 9.17) is 5.26 Å². The van der Waals surface area contributed by atoms with Gasteiger partial charge >= 0.3 is 0 Å². The van der Waals surface area contributed by atoms with Gasteiger partial charge in [-0.25, -0.2) is 0 Å². The zero-order valence-electron chi connectivity index (χ0n) is 10.1. The predicted molar refractivity (Wildman–Crippen MR) is 72.0 cm³/mol. The molecule has 1 aromatic rings. The second-order valence-corrected chi connectivity index (χ2v) is 4.70. The summed E-state index contributed by atoms with van der Waals surface area (Å²) in [5, 5.41) is 8.74. The van der Waals surface area contributed by atoms with E-state index in [0.717, 1.165) is 17.7 Å². The van der Waals surface area contributed by atoms with E-state index in [2.05, 4.69) is 31.2 Å². The third kappa shape index (κ3) is 3.18. The Kier molecular flexibility index (Phi) is 5.21. The van der Waals surface area contributed by atoms with E-state index in [9.17, 15) is 0 Å². The summed E-state index contributed by atoms with van der Waals surface area (Å²) in [7, 11) is 2.12. The number of anilines is 1. The Bertz CT molecular complexity index is 353. The molecule has 0 saturated heterocycles. The van der Waals surface area contributed by atoms with Gasteiger partial charge in [-0.2, -0.15) is 17.0 Å². The lowest BCUT2D eigenvalue weighted by molar-refractivity contribution is 0.673. The minimum Gasteiger partial charge on any atom is -0.371 e. The molecule has 0 aliphatic carbocycles. The lowest BCUT2D eigenvalue weighted by Gasteiger charge is -2.28. The third-order valence-electron chi connectivity index (χ3n) is 2.78. The Morgan fingerprint density at radius 3 is 2.44 bits per heavy atom. The van der Waals surface area contributed by atoms with Crippen molar-refractivity contribution in [1.29, 1.82) is 5.26 Å². The van der Waals surface area contributed by atoms with Crippen molar-refractivity contribution < 1.29 is 0 Å². The summed E-state index contributed by atoms with van der Waals surface area (Å²) < 4.78 is 0. The minimum atomic E-state index is 0.558. The van der Waals surface area contributed by atoms with Gasteiger partial charge in [0.2, 0.25) is 0 Å².